The molecule has 0 unspecified atom stereocenters. The first-order valence-electron chi connectivity index (χ1n) is 4.78. The van der Waals surface area contributed by atoms with Crippen molar-refractivity contribution in [3.63, 3.8) is 0 Å². The van der Waals surface area contributed by atoms with E-state index in [-0.39, 0.29) is 0 Å². The van der Waals surface area contributed by atoms with E-state index in [0.717, 1.165) is 18.4 Å². The van der Waals surface area contributed by atoms with E-state index in [0.29, 0.717) is 0 Å². The van der Waals surface area contributed by atoms with Crippen LogP contribution in [0.5, 0.6) is 0 Å². The summed E-state index contributed by atoms with van der Waals surface area (Å²) >= 11 is 8.81. The molecule has 0 bridgehead atoms. The SMILES string of the molecule is CCCN(CCBr)Cc1ccc(Br)s1. The summed E-state index contributed by atoms with van der Waals surface area (Å²) in [7, 11) is 0. The van der Waals surface area contributed by atoms with Crippen molar-refractivity contribution in [2.45, 2.75) is 19.9 Å². The molecule has 0 fully saturated rings. The van der Waals surface area contributed by atoms with Crippen molar-refractivity contribution >= 4 is 43.2 Å². The van der Waals surface area contributed by atoms with Gasteiger partial charge in [0.2, 0.25) is 0 Å². The highest BCUT2D eigenvalue weighted by atomic mass is 79.9. The van der Waals surface area contributed by atoms with Gasteiger partial charge in [0.1, 0.15) is 0 Å². The molecule has 4 heteroatoms. The maximum absolute atomic E-state index is 3.49. The Labute approximate surface area is 107 Å². The summed E-state index contributed by atoms with van der Waals surface area (Å²) in [6.07, 6.45) is 1.22. The van der Waals surface area contributed by atoms with Crippen LogP contribution in [0.25, 0.3) is 0 Å². The van der Waals surface area contributed by atoms with E-state index >= 15 is 0 Å². The first-order chi connectivity index (χ1) is 6.76. The molecule has 0 aliphatic heterocycles. The molecular formula is C10H15Br2NS. The van der Waals surface area contributed by atoms with Gasteiger partial charge in [0.15, 0.2) is 0 Å². The van der Waals surface area contributed by atoms with Crippen molar-refractivity contribution in [3.05, 3.63) is 20.8 Å². The van der Waals surface area contributed by atoms with Crippen LogP contribution in [0.3, 0.4) is 0 Å². The van der Waals surface area contributed by atoms with Gasteiger partial charge in [0.25, 0.3) is 0 Å². The maximum atomic E-state index is 3.49. The second-order valence-electron chi connectivity index (χ2n) is 3.17. The van der Waals surface area contributed by atoms with Gasteiger partial charge in [-0.1, -0.05) is 22.9 Å². The van der Waals surface area contributed by atoms with Crippen molar-refractivity contribution in [2.24, 2.45) is 0 Å². The smallest absolute Gasteiger partial charge is 0.0701 e. The number of alkyl halides is 1. The summed E-state index contributed by atoms with van der Waals surface area (Å²) in [6.45, 7) is 5.62. The van der Waals surface area contributed by atoms with Crippen LogP contribution in [0.1, 0.15) is 18.2 Å². The lowest BCUT2D eigenvalue weighted by atomic mass is 10.3. The average Bonchev–Trinajstić information content (AvgIpc) is 2.52. The Morgan fingerprint density at radius 2 is 2.14 bits per heavy atom. The number of hydrogen-bond donors (Lipinski definition) is 0. The van der Waals surface area contributed by atoms with Crippen molar-refractivity contribution in [3.8, 4) is 0 Å². The fraction of sp³-hybridized carbons (Fsp3) is 0.600. The molecule has 0 aliphatic carbocycles. The van der Waals surface area contributed by atoms with Crippen LogP contribution in [-0.4, -0.2) is 23.3 Å². The summed E-state index contributed by atoms with van der Waals surface area (Å²) in [4.78, 5) is 3.92. The van der Waals surface area contributed by atoms with Crippen molar-refractivity contribution in [1.82, 2.24) is 4.90 Å². The minimum absolute atomic E-state index is 1.06. The molecule has 0 N–H and O–H groups in total. The maximum Gasteiger partial charge on any atom is 0.0701 e. The fourth-order valence-electron chi connectivity index (χ4n) is 1.36. The van der Waals surface area contributed by atoms with E-state index in [9.17, 15) is 0 Å². The van der Waals surface area contributed by atoms with Gasteiger partial charge in [-0.3, -0.25) is 4.90 Å². The molecule has 0 aromatic carbocycles. The molecule has 14 heavy (non-hydrogen) atoms. The molecule has 1 rings (SSSR count). The Bertz CT molecular complexity index is 256. The molecule has 0 saturated heterocycles. The summed E-state index contributed by atoms with van der Waals surface area (Å²) in [6, 6.07) is 4.32. The molecule has 1 nitrogen and oxygen atoms in total. The zero-order valence-corrected chi connectivity index (χ0v) is 12.3. The predicted octanol–water partition coefficient (Wildman–Crippen LogP) is 4.12. The summed E-state index contributed by atoms with van der Waals surface area (Å²) in [5.74, 6) is 0. The topological polar surface area (TPSA) is 3.24 Å². The normalized spacial score (nSPS) is 11.1. The van der Waals surface area contributed by atoms with E-state index in [1.54, 1.807) is 0 Å². The van der Waals surface area contributed by atoms with Crippen LogP contribution in [-0.2, 0) is 6.54 Å². The Hall–Kier alpha value is 0.620. The molecule has 0 radical (unpaired) electrons. The van der Waals surface area contributed by atoms with Gasteiger partial charge in [-0.2, -0.15) is 0 Å². The molecular weight excluding hydrogens is 326 g/mol. The van der Waals surface area contributed by atoms with E-state index in [1.165, 1.54) is 21.6 Å². The Kier molecular flexibility index (Phi) is 6.33. The minimum atomic E-state index is 1.06. The van der Waals surface area contributed by atoms with Crippen LogP contribution in [0.2, 0.25) is 0 Å². The molecule has 0 aliphatic rings. The quantitative estimate of drug-likeness (QED) is 0.704. The molecule has 0 amide bonds. The molecule has 1 aromatic heterocycles. The molecule has 1 aromatic rings. The number of rotatable bonds is 6. The van der Waals surface area contributed by atoms with Crippen molar-refractivity contribution in [2.75, 3.05) is 18.4 Å². The highest BCUT2D eigenvalue weighted by Gasteiger charge is 2.05. The molecule has 0 saturated carbocycles. The van der Waals surface area contributed by atoms with E-state index in [4.69, 9.17) is 0 Å². The third kappa shape index (κ3) is 4.43. The van der Waals surface area contributed by atoms with Crippen LogP contribution >= 0.6 is 43.2 Å². The molecule has 1 heterocycles. The second-order valence-corrected chi connectivity index (χ2v) is 6.51. The summed E-state index contributed by atoms with van der Waals surface area (Å²) < 4.78 is 1.22. The van der Waals surface area contributed by atoms with E-state index < -0.39 is 0 Å². The largest absolute Gasteiger partial charge is 0.297 e. The minimum Gasteiger partial charge on any atom is -0.297 e. The standard InChI is InChI=1S/C10H15Br2NS/c1-2-6-13(7-5-11)8-9-3-4-10(12)14-9/h3-4H,2,5-8H2,1H3. The zero-order chi connectivity index (χ0) is 10.4. The number of hydrogen-bond acceptors (Lipinski definition) is 2. The number of nitrogens with zero attached hydrogens (tertiary/aromatic N) is 1. The lowest BCUT2D eigenvalue weighted by molar-refractivity contribution is 0.286. The summed E-state index contributed by atoms with van der Waals surface area (Å²) in [5.41, 5.74) is 0. The number of thiophene rings is 1. The van der Waals surface area contributed by atoms with Crippen LogP contribution in [0.15, 0.2) is 15.9 Å². The van der Waals surface area contributed by atoms with Gasteiger partial charge >= 0.3 is 0 Å². The van der Waals surface area contributed by atoms with Crippen LogP contribution < -0.4 is 0 Å². The average molecular weight is 341 g/mol. The van der Waals surface area contributed by atoms with Gasteiger partial charge in [-0.05, 0) is 41.0 Å². The van der Waals surface area contributed by atoms with E-state index in [2.05, 4.69) is 55.8 Å². The highest BCUT2D eigenvalue weighted by Crippen LogP contribution is 2.23. The first kappa shape index (κ1) is 12.7. The lowest BCUT2D eigenvalue weighted by Gasteiger charge is -2.19. The lowest BCUT2D eigenvalue weighted by Crippen LogP contribution is -2.25. The molecule has 0 atom stereocenters. The van der Waals surface area contributed by atoms with Gasteiger partial charge < -0.3 is 0 Å². The third-order valence-corrected chi connectivity index (χ3v) is 3.91. The van der Waals surface area contributed by atoms with Crippen LogP contribution in [0, 0.1) is 0 Å². The molecule has 80 valence electrons. The first-order valence-corrected chi connectivity index (χ1v) is 7.52. The Morgan fingerprint density at radius 1 is 1.36 bits per heavy atom. The third-order valence-electron chi connectivity index (χ3n) is 1.95. The Balaban J connectivity index is 2.46. The van der Waals surface area contributed by atoms with Crippen LogP contribution in [0.4, 0.5) is 0 Å². The van der Waals surface area contributed by atoms with Crippen molar-refractivity contribution in [1.29, 1.82) is 0 Å². The van der Waals surface area contributed by atoms with Gasteiger partial charge in [0.05, 0.1) is 3.79 Å². The van der Waals surface area contributed by atoms with Crippen molar-refractivity contribution < 1.29 is 0 Å². The summed E-state index contributed by atoms with van der Waals surface area (Å²) in [5, 5.41) is 1.06. The monoisotopic (exact) mass is 339 g/mol. The fourth-order valence-corrected chi connectivity index (χ4v) is 3.39. The molecule has 0 spiro atoms. The van der Waals surface area contributed by atoms with Gasteiger partial charge in [-0.25, -0.2) is 0 Å². The second kappa shape index (κ2) is 6.99. The van der Waals surface area contributed by atoms with E-state index in [1.807, 2.05) is 11.3 Å². The Morgan fingerprint density at radius 3 is 2.64 bits per heavy atom. The highest BCUT2D eigenvalue weighted by molar-refractivity contribution is 9.11. The zero-order valence-electron chi connectivity index (χ0n) is 8.30. The van der Waals surface area contributed by atoms with Gasteiger partial charge in [-0.15, -0.1) is 11.3 Å². The predicted molar refractivity (Wildman–Crippen MR) is 71.4 cm³/mol. The van der Waals surface area contributed by atoms with Gasteiger partial charge in [0, 0.05) is 23.3 Å². The number of halogens is 2.